The van der Waals surface area contributed by atoms with Gasteiger partial charge in [-0.05, 0) is 57.0 Å². The second-order valence-corrected chi connectivity index (χ2v) is 5.22. The third kappa shape index (κ3) is 5.90. The van der Waals surface area contributed by atoms with Gasteiger partial charge in [0.15, 0.2) is 0 Å². The minimum atomic E-state index is -0.495. The van der Waals surface area contributed by atoms with Crippen LogP contribution in [0, 0.1) is 6.92 Å². The van der Waals surface area contributed by atoms with Crippen molar-refractivity contribution in [1.82, 2.24) is 5.32 Å². The summed E-state index contributed by atoms with van der Waals surface area (Å²) in [5, 5.41) is 13.4. The molecule has 0 saturated carbocycles. The van der Waals surface area contributed by atoms with Gasteiger partial charge in [0.2, 0.25) is 0 Å². The Hall–Kier alpha value is -1.10. The van der Waals surface area contributed by atoms with E-state index in [-0.39, 0.29) is 6.10 Å². The van der Waals surface area contributed by atoms with E-state index in [1.165, 1.54) is 0 Å². The van der Waals surface area contributed by atoms with Crippen LogP contribution >= 0.6 is 0 Å². The van der Waals surface area contributed by atoms with Gasteiger partial charge in [-0.2, -0.15) is 0 Å². The van der Waals surface area contributed by atoms with Gasteiger partial charge in [-0.1, -0.05) is 6.07 Å². The summed E-state index contributed by atoms with van der Waals surface area (Å²) >= 11 is 0. The van der Waals surface area contributed by atoms with Crippen LogP contribution in [0.4, 0.5) is 0 Å². The fourth-order valence-corrected chi connectivity index (χ4v) is 1.98. The first kappa shape index (κ1) is 17.0. The molecule has 1 aromatic carbocycles. The Morgan fingerprint density at radius 2 is 2.05 bits per heavy atom. The smallest absolute Gasteiger partial charge is 0.121 e. The van der Waals surface area contributed by atoms with Gasteiger partial charge in [-0.3, -0.25) is 0 Å². The van der Waals surface area contributed by atoms with Gasteiger partial charge in [0.25, 0.3) is 0 Å². The van der Waals surface area contributed by atoms with Crippen molar-refractivity contribution in [2.75, 3.05) is 26.8 Å². The highest BCUT2D eigenvalue weighted by molar-refractivity contribution is 5.37. The maximum Gasteiger partial charge on any atom is 0.121 e. The maximum absolute atomic E-state index is 10.1. The average Bonchev–Trinajstić information content (AvgIpc) is 2.42. The van der Waals surface area contributed by atoms with E-state index in [0.717, 1.165) is 36.4 Å². The van der Waals surface area contributed by atoms with Crippen molar-refractivity contribution in [1.29, 1.82) is 0 Å². The number of ether oxygens (including phenoxy) is 2. The molecule has 20 heavy (non-hydrogen) atoms. The summed E-state index contributed by atoms with van der Waals surface area (Å²) in [6.45, 7) is 8.19. The normalized spacial score (nSPS) is 12.7. The first-order valence-corrected chi connectivity index (χ1v) is 7.19. The molecule has 0 bridgehead atoms. The molecule has 0 amide bonds. The lowest BCUT2D eigenvalue weighted by atomic mass is 10.1. The molecule has 0 saturated heterocycles. The van der Waals surface area contributed by atoms with E-state index in [9.17, 15) is 5.11 Å². The summed E-state index contributed by atoms with van der Waals surface area (Å²) in [6, 6.07) is 5.76. The zero-order chi connectivity index (χ0) is 15.0. The Bertz CT molecular complexity index is 393. The molecule has 1 unspecified atom stereocenters. The van der Waals surface area contributed by atoms with Crippen molar-refractivity contribution in [3.05, 3.63) is 29.3 Å². The summed E-state index contributed by atoms with van der Waals surface area (Å²) < 4.78 is 10.7. The standard InChI is InChI=1S/C16H27NO3/c1-12(2)20-9-5-8-17-11-15(18)14-6-7-16(19-4)13(3)10-14/h6-7,10,12,15,17-18H,5,8-9,11H2,1-4H3. The molecular weight excluding hydrogens is 254 g/mol. The Balaban J connectivity index is 2.29. The van der Waals surface area contributed by atoms with E-state index >= 15 is 0 Å². The maximum atomic E-state index is 10.1. The summed E-state index contributed by atoms with van der Waals surface area (Å²) in [4.78, 5) is 0. The number of benzene rings is 1. The molecule has 0 aliphatic rings. The van der Waals surface area contributed by atoms with Crippen molar-refractivity contribution in [2.24, 2.45) is 0 Å². The molecule has 0 heterocycles. The van der Waals surface area contributed by atoms with Crippen LogP contribution in [0.3, 0.4) is 0 Å². The highest BCUT2D eigenvalue weighted by Crippen LogP contribution is 2.22. The third-order valence-electron chi connectivity index (χ3n) is 3.09. The number of nitrogens with one attached hydrogen (secondary N) is 1. The Kier molecular flexibility index (Phi) is 7.59. The van der Waals surface area contributed by atoms with Crippen molar-refractivity contribution >= 4 is 0 Å². The number of aliphatic hydroxyl groups excluding tert-OH is 1. The van der Waals surface area contributed by atoms with Gasteiger partial charge >= 0.3 is 0 Å². The van der Waals surface area contributed by atoms with Crippen LogP contribution in [-0.4, -0.2) is 38.0 Å². The molecule has 4 heteroatoms. The molecule has 0 fully saturated rings. The highest BCUT2D eigenvalue weighted by atomic mass is 16.5. The largest absolute Gasteiger partial charge is 0.496 e. The van der Waals surface area contributed by atoms with E-state index in [1.54, 1.807) is 7.11 Å². The van der Waals surface area contributed by atoms with Crippen LogP contribution in [0.15, 0.2) is 18.2 Å². The Morgan fingerprint density at radius 3 is 2.65 bits per heavy atom. The molecule has 1 aromatic rings. The summed E-state index contributed by atoms with van der Waals surface area (Å²) in [6.07, 6.45) is 0.737. The van der Waals surface area contributed by atoms with Gasteiger partial charge in [0.05, 0.1) is 19.3 Å². The lowest BCUT2D eigenvalue weighted by Crippen LogP contribution is -2.23. The minimum Gasteiger partial charge on any atom is -0.496 e. The third-order valence-corrected chi connectivity index (χ3v) is 3.09. The summed E-state index contributed by atoms with van der Waals surface area (Å²) in [5.74, 6) is 0.847. The summed E-state index contributed by atoms with van der Waals surface area (Å²) in [5.41, 5.74) is 1.95. The number of methoxy groups -OCH3 is 1. The average molecular weight is 281 g/mol. The molecule has 0 aliphatic heterocycles. The molecule has 0 aromatic heterocycles. The lowest BCUT2D eigenvalue weighted by molar-refractivity contribution is 0.0763. The number of hydrogen-bond donors (Lipinski definition) is 2. The fraction of sp³-hybridized carbons (Fsp3) is 0.625. The molecule has 0 radical (unpaired) electrons. The number of hydrogen-bond acceptors (Lipinski definition) is 4. The lowest BCUT2D eigenvalue weighted by Gasteiger charge is -2.14. The van der Waals surface area contributed by atoms with Crippen LogP contribution in [0.5, 0.6) is 5.75 Å². The van der Waals surface area contributed by atoms with Crippen molar-refractivity contribution < 1.29 is 14.6 Å². The number of aliphatic hydroxyl groups is 1. The first-order chi connectivity index (χ1) is 9.54. The van der Waals surface area contributed by atoms with Crippen LogP contribution in [0.2, 0.25) is 0 Å². The molecule has 0 aliphatic carbocycles. The number of rotatable bonds is 9. The predicted octanol–water partition coefficient (Wildman–Crippen LogP) is 2.44. The molecule has 0 spiro atoms. The Morgan fingerprint density at radius 1 is 1.30 bits per heavy atom. The molecule has 2 N–H and O–H groups in total. The molecule has 4 nitrogen and oxygen atoms in total. The van der Waals surface area contributed by atoms with Gasteiger partial charge < -0.3 is 19.9 Å². The van der Waals surface area contributed by atoms with Crippen LogP contribution in [0.1, 0.15) is 37.5 Å². The topological polar surface area (TPSA) is 50.7 Å². The molecular formula is C16H27NO3. The van der Waals surface area contributed by atoms with Crippen molar-refractivity contribution in [3.8, 4) is 5.75 Å². The van der Waals surface area contributed by atoms with E-state index in [2.05, 4.69) is 5.32 Å². The van der Waals surface area contributed by atoms with Gasteiger partial charge in [0, 0.05) is 13.2 Å². The molecule has 114 valence electrons. The van der Waals surface area contributed by atoms with Crippen LogP contribution in [0.25, 0.3) is 0 Å². The quantitative estimate of drug-likeness (QED) is 0.683. The second-order valence-electron chi connectivity index (χ2n) is 5.22. The predicted molar refractivity (Wildman–Crippen MR) is 81.3 cm³/mol. The SMILES string of the molecule is COc1ccc(C(O)CNCCCOC(C)C)cc1C. The monoisotopic (exact) mass is 281 g/mol. The summed E-state index contributed by atoms with van der Waals surface area (Å²) in [7, 11) is 1.65. The van der Waals surface area contributed by atoms with E-state index in [0.29, 0.717) is 6.54 Å². The van der Waals surface area contributed by atoms with E-state index in [4.69, 9.17) is 9.47 Å². The van der Waals surface area contributed by atoms with Gasteiger partial charge in [-0.25, -0.2) is 0 Å². The minimum absolute atomic E-state index is 0.280. The fourth-order valence-electron chi connectivity index (χ4n) is 1.98. The zero-order valence-electron chi connectivity index (χ0n) is 13.0. The van der Waals surface area contributed by atoms with Crippen LogP contribution < -0.4 is 10.1 Å². The Labute approximate surface area is 122 Å². The van der Waals surface area contributed by atoms with Crippen LogP contribution in [-0.2, 0) is 4.74 Å². The van der Waals surface area contributed by atoms with E-state index < -0.39 is 6.10 Å². The second kappa shape index (κ2) is 8.95. The van der Waals surface area contributed by atoms with Gasteiger partial charge in [0.1, 0.15) is 5.75 Å². The highest BCUT2D eigenvalue weighted by Gasteiger charge is 2.09. The molecule has 1 rings (SSSR count). The van der Waals surface area contributed by atoms with Crippen molar-refractivity contribution in [3.63, 3.8) is 0 Å². The van der Waals surface area contributed by atoms with Gasteiger partial charge in [-0.15, -0.1) is 0 Å². The zero-order valence-corrected chi connectivity index (χ0v) is 13.0. The van der Waals surface area contributed by atoms with E-state index in [1.807, 2.05) is 39.0 Å². The molecule has 1 atom stereocenters. The van der Waals surface area contributed by atoms with Crippen molar-refractivity contribution in [2.45, 2.75) is 39.4 Å². The number of aryl methyl sites for hydroxylation is 1. The first-order valence-electron chi connectivity index (χ1n) is 7.19.